The van der Waals surface area contributed by atoms with Gasteiger partial charge < -0.3 is 124 Å². The maximum Gasteiger partial charge on any atom is 0.229 e. The summed E-state index contributed by atoms with van der Waals surface area (Å²) in [6.07, 6.45) is -11.9. The molecule has 0 spiro atoms. The van der Waals surface area contributed by atoms with Gasteiger partial charge in [-0.2, -0.15) is 0 Å². The number of piperidine rings is 6. The zero-order valence-electron chi connectivity index (χ0n) is 62.7. The van der Waals surface area contributed by atoms with Gasteiger partial charge in [-0.25, -0.2) is 0 Å². The van der Waals surface area contributed by atoms with Crippen LogP contribution in [0, 0.1) is 41.4 Å². The van der Waals surface area contributed by atoms with Gasteiger partial charge in [0.15, 0.2) is 12.5 Å². The number of nitrogens with zero attached hydrogens (tertiary/aromatic N) is 5. The van der Waals surface area contributed by atoms with Crippen molar-refractivity contribution >= 4 is 27.4 Å². The van der Waals surface area contributed by atoms with Crippen molar-refractivity contribution < 1.29 is 115 Å². The molecule has 0 amide bonds. The number of aliphatic hydroxyl groups is 16. The topological polar surface area (TPSA) is 419 Å². The lowest BCUT2D eigenvalue weighted by Crippen LogP contribution is -2.60. The van der Waals surface area contributed by atoms with Crippen molar-refractivity contribution in [3.8, 4) is 17.2 Å². The van der Waals surface area contributed by atoms with Crippen molar-refractivity contribution in [2.45, 2.75) is 257 Å². The summed E-state index contributed by atoms with van der Waals surface area (Å²) in [7, 11) is 0. The summed E-state index contributed by atoms with van der Waals surface area (Å²) < 4.78 is 39.2. The van der Waals surface area contributed by atoms with E-state index in [-0.39, 0.29) is 17.6 Å². The molecule has 13 fully saturated rings. The van der Waals surface area contributed by atoms with E-state index in [4.69, 9.17) is 28.4 Å². The number of fused-ring (bicyclic) bond motifs is 11. The van der Waals surface area contributed by atoms with E-state index >= 15 is 0 Å². The third kappa shape index (κ3) is 13.0. The Morgan fingerprint density at radius 2 is 0.800 bits per heavy atom. The molecule has 0 radical (unpaired) electrons. The molecule has 22 rings (SSSR count). The fourth-order valence-corrected chi connectivity index (χ4v) is 23.7. The number of aliphatic hydroxyl groups excluding tert-OH is 16. The normalized spacial score (nSPS) is 43.9. The van der Waals surface area contributed by atoms with Crippen molar-refractivity contribution in [3.63, 3.8) is 0 Å². The zero-order valence-corrected chi connectivity index (χ0v) is 62.7. The number of phenols is 1. The Bertz CT molecular complexity index is 4170. The first-order valence-corrected chi connectivity index (χ1v) is 40.7. The molecule has 28 heteroatoms. The van der Waals surface area contributed by atoms with Crippen LogP contribution in [-0.2, 0) is 38.2 Å². The molecule has 17 N–H and O–H groups in total. The van der Waals surface area contributed by atoms with Gasteiger partial charge >= 0.3 is 0 Å². The van der Waals surface area contributed by atoms with Gasteiger partial charge in [-0.3, -0.25) is 14.7 Å². The Kier molecular flexibility index (Phi) is 21.8. The van der Waals surface area contributed by atoms with Gasteiger partial charge in [0.1, 0.15) is 115 Å². The van der Waals surface area contributed by atoms with Gasteiger partial charge in [0.2, 0.25) is 12.6 Å². The monoisotopic (exact) mass is 1540 g/mol. The smallest absolute Gasteiger partial charge is 0.229 e. The minimum absolute atomic E-state index is 0.138. The highest BCUT2D eigenvalue weighted by Crippen LogP contribution is 2.58. The van der Waals surface area contributed by atoms with E-state index in [0.29, 0.717) is 59.2 Å². The van der Waals surface area contributed by atoms with Crippen LogP contribution in [0.15, 0.2) is 60.2 Å². The molecule has 4 aliphatic carbocycles. The van der Waals surface area contributed by atoms with Gasteiger partial charge in [-0.15, -0.1) is 0 Å². The minimum Gasteiger partial charge on any atom is -0.508 e. The van der Waals surface area contributed by atoms with Gasteiger partial charge in [-0.05, 0) is 182 Å². The Morgan fingerprint density at radius 3 is 1.25 bits per heavy atom. The number of rotatable bonds is 13. The van der Waals surface area contributed by atoms with Crippen LogP contribution < -0.4 is 9.47 Å². The van der Waals surface area contributed by atoms with E-state index in [9.17, 15) is 86.8 Å². The summed E-state index contributed by atoms with van der Waals surface area (Å²) in [6, 6.07) is 18.0. The van der Waals surface area contributed by atoms with Crippen LogP contribution >= 0.6 is 0 Å². The van der Waals surface area contributed by atoms with Crippen LogP contribution in [0.25, 0.3) is 27.4 Å². The van der Waals surface area contributed by atoms with Crippen molar-refractivity contribution in [1.29, 1.82) is 0 Å². The molecular formula is C82H113N5O23. The molecule has 15 heterocycles. The second kappa shape index (κ2) is 30.9. The second-order valence-electron chi connectivity index (χ2n) is 34.5. The summed E-state index contributed by atoms with van der Waals surface area (Å²) >= 11 is 0. The number of phenolic OH excluding ortho intramolecular Hbond substituents is 1. The van der Waals surface area contributed by atoms with Crippen LogP contribution in [0.4, 0.5) is 0 Å². The molecule has 14 unspecified atom stereocenters. The Labute approximate surface area is 638 Å². The molecule has 17 aliphatic rings. The number of aromatic hydroxyl groups is 1. The first-order chi connectivity index (χ1) is 53.1. The number of hydrogen-bond acceptors (Lipinski definition) is 26. The Hall–Kier alpha value is -5.04. The van der Waals surface area contributed by atoms with Gasteiger partial charge in [0, 0.05) is 91.4 Å². The van der Waals surface area contributed by atoms with Gasteiger partial charge in [0.05, 0.1) is 37.5 Å². The van der Waals surface area contributed by atoms with Crippen LogP contribution in [0.5, 0.6) is 17.2 Å². The number of aromatic nitrogens is 2. The van der Waals surface area contributed by atoms with Gasteiger partial charge in [0.25, 0.3) is 0 Å². The first-order valence-electron chi connectivity index (χ1n) is 40.7. The molecule has 604 valence electrons. The van der Waals surface area contributed by atoms with E-state index in [1.54, 1.807) is 29.8 Å². The van der Waals surface area contributed by atoms with Crippen LogP contribution in [0.1, 0.15) is 143 Å². The standard InChI is InChI=1S/C31H44N2O11.C26H35NO6.C25H34N2O6/c1-2-14-7-13-8-18-22(14)32(10-13)6-5-16-17-9-15(42-31-29(41)27(39)25(37)21(12-35)44-31)3-4-19(17)33(23(16)18)30-28(40)26(38)24(36)20(11-34)43-30;1-2-14-7-13-8-20-19-9-15-3-4-16(10-18(15)17(19)5-6-27(11-13)22(14)20)32-26-25(31)24(30)23(29)21(12-28)33-26;1-2-13-7-12-8-17-20(13)26(10-12)6-5-15-16-9-14(29)3-4-18(16)27(21(15)17)25-24(32)23(31)22(30)19(11-28)33-25/h3-4,9,13-14,18,20-22,24-31,34-41H,2,5-8,10-12H2,1H3;3-4,10,13-14,20-26,28-31H,2,5-9,11-12H2,1H3;3-4,9,12-13,17,19-20,22-25,28-32H,2,5-8,10-11H2,1H3/t13-,14-,18+,20-,21?,22?,24?,25+,26-,27-,28?,29?,30-,31-;13-,14-,20-,21?,22?,23+,24-,25?,26-;12-,13-,17+,19-,20?,22?,23-,24?,25-/m000/s1. The van der Waals surface area contributed by atoms with E-state index in [2.05, 4.69) is 41.5 Å². The van der Waals surface area contributed by atoms with Crippen molar-refractivity contribution in [2.75, 3.05) is 65.7 Å². The number of hydrogen-bond donors (Lipinski definition) is 17. The molecule has 10 saturated heterocycles. The third-order valence-corrected chi connectivity index (χ3v) is 28.6. The molecule has 2 aromatic heterocycles. The van der Waals surface area contributed by atoms with Crippen LogP contribution in [0.2, 0.25) is 0 Å². The molecule has 28 nitrogen and oxygen atoms in total. The van der Waals surface area contributed by atoms with Crippen molar-refractivity contribution in [1.82, 2.24) is 23.8 Å². The summed E-state index contributed by atoms with van der Waals surface area (Å²) in [6.45, 7) is 11.2. The maximum absolute atomic E-state index is 11.3. The molecular weight excluding hydrogens is 1420 g/mol. The Balaban J connectivity index is 0.000000122. The van der Waals surface area contributed by atoms with Crippen molar-refractivity contribution in [3.05, 3.63) is 93.8 Å². The number of ether oxygens (including phenoxy) is 6. The fraction of sp³-hybridized carbons (Fsp3) is 0.707. The summed E-state index contributed by atoms with van der Waals surface area (Å²) in [5.41, 5.74) is 11.6. The highest BCUT2D eigenvalue weighted by molar-refractivity contribution is 5.89. The first kappa shape index (κ1) is 77.5. The SMILES string of the molecule is CC[C@H]1C[C@H]2C[C@H]3C4=C(CCN(C2)C13)c1cc(O[C@H]2OC(CO)[C@@H](O)[C@H](O)C2O)ccc1C4.CC[C@H]1C[C@H]2C[C@H]3c4c(c5cc(O)ccc5n4[C@H]4O[C@@H](CO)C(O)[C@H](O)C4O)CCN(C2)C13.CC[C@H]1C[C@H]2C[C@H]3c4c(c5cc(O[C@H]6OC(CO)[C@@H](O)[C@H](O)C6O)ccc5n4[C@H]4O[C@@H](CO)C(O)[C@H](O)C4O)CCN(C2)C13. The predicted octanol–water partition coefficient (Wildman–Crippen LogP) is 0.947. The van der Waals surface area contributed by atoms with E-state index < -0.39 is 149 Å². The highest BCUT2D eigenvalue weighted by Gasteiger charge is 2.57. The third-order valence-electron chi connectivity index (χ3n) is 28.6. The lowest BCUT2D eigenvalue weighted by Gasteiger charge is -2.54. The maximum atomic E-state index is 11.3. The number of benzene rings is 3. The molecule has 12 bridgehead atoms. The summed E-state index contributed by atoms with van der Waals surface area (Å²) in [4.78, 5) is 8.00. The highest BCUT2D eigenvalue weighted by atomic mass is 16.7. The minimum atomic E-state index is -1.58. The average Bonchev–Trinajstić information content (AvgIpc) is 1.56. The van der Waals surface area contributed by atoms with Crippen LogP contribution in [-0.4, -0.2) is 305 Å². The summed E-state index contributed by atoms with van der Waals surface area (Å²) in [5, 5.41) is 177. The molecule has 3 aromatic carbocycles. The van der Waals surface area contributed by atoms with E-state index in [1.807, 2.05) is 33.4 Å². The molecule has 5 aromatic rings. The predicted molar refractivity (Wildman–Crippen MR) is 396 cm³/mol. The van der Waals surface area contributed by atoms with E-state index in [1.165, 1.54) is 60.9 Å². The second-order valence-corrected chi connectivity index (χ2v) is 34.5. The molecule has 13 aliphatic heterocycles. The molecule has 110 heavy (non-hydrogen) atoms. The lowest BCUT2D eigenvalue weighted by atomic mass is 9.64. The quantitative estimate of drug-likeness (QED) is 0.0780. The Morgan fingerprint density at radius 1 is 0.409 bits per heavy atom. The van der Waals surface area contributed by atoms with Crippen molar-refractivity contribution in [2.24, 2.45) is 41.4 Å². The average molecular weight is 1540 g/mol. The lowest BCUT2D eigenvalue weighted by molar-refractivity contribution is -0.277. The van der Waals surface area contributed by atoms with Crippen LogP contribution in [0.3, 0.4) is 0 Å². The fourth-order valence-electron chi connectivity index (χ4n) is 23.7. The molecule has 3 saturated carbocycles. The zero-order chi connectivity index (χ0) is 76.9. The van der Waals surface area contributed by atoms with Gasteiger partial charge in [-0.1, -0.05) is 51.7 Å². The van der Waals surface area contributed by atoms with E-state index in [0.717, 1.165) is 135 Å². The summed E-state index contributed by atoms with van der Waals surface area (Å²) in [5.74, 6) is 6.07. The largest absolute Gasteiger partial charge is 0.508 e. The molecule has 35 atom stereocenters.